The molecule has 7 heteroatoms. The summed E-state index contributed by atoms with van der Waals surface area (Å²) >= 11 is 0. The van der Waals surface area contributed by atoms with Crippen molar-refractivity contribution in [2.75, 3.05) is 7.11 Å². The SMILES string of the molecule is COC(=O)c1ccc(CON=Cc2ccc(OCc3ccccc3)c(OCc3ccccc3)c2)o1. The second-order valence-corrected chi connectivity index (χ2v) is 7.52. The van der Waals surface area contributed by atoms with Gasteiger partial charge in [-0.25, -0.2) is 4.79 Å². The molecule has 0 saturated carbocycles. The van der Waals surface area contributed by atoms with E-state index in [1.807, 2.05) is 78.9 Å². The molecule has 4 aromatic rings. The van der Waals surface area contributed by atoms with Gasteiger partial charge in [-0.2, -0.15) is 0 Å². The Morgan fingerprint density at radius 2 is 1.46 bits per heavy atom. The van der Waals surface area contributed by atoms with Crippen LogP contribution in [0.2, 0.25) is 0 Å². The zero-order chi connectivity index (χ0) is 24.3. The van der Waals surface area contributed by atoms with Crippen molar-refractivity contribution in [2.45, 2.75) is 19.8 Å². The third-order valence-electron chi connectivity index (χ3n) is 4.97. The second-order valence-electron chi connectivity index (χ2n) is 7.52. The molecule has 3 aromatic carbocycles. The minimum atomic E-state index is -0.544. The molecule has 4 rings (SSSR count). The Kier molecular flexibility index (Phi) is 8.16. The lowest BCUT2D eigenvalue weighted by molar-refractivity contribution is 0.0553. The first-order chi connectivity index (χ1) is 17.2. The molecule has 0 atom stereocenters. The first-order valence-electron chi connectivity index (χ1n) is 11.0. The Morgan fingerprint density at radius 1 is 0.800 bits per heavy atom. The summed E-state index contributed by atoms with van der Waals surface area (Å²) in [5.41, 5.74) is 2.89. The maximum Gasteiger partial charge on any atom is 0.373 e. The summed E-state index contributed by atoms with van der Waals surface area (Å²) in [5, 5.41) is 4.00. The quantitative estimate of drug-likeness (QED) is 0.157. The van der Waals surface area contributed by atoms with Crippen LogP contribution in [-0.2, 0) is 29.4 Å². The van der Waals surface area contributed by atoms with Gasteiger partial charge < -0.3 is 23.5 Å². The zero-order valence-corrected chi connectivity index (χ0v) is 19.3. The lowest BCUT2D eigenvalue weighted by atomic mass is 10.2. The van der Waals surface area contributed by atoms with Crippen LogP contribution in [0.25, 0.3) is 0 Å². The van der Waals surface area contributed by atoms with Crippen molar-refractivity contribution in [2.24, 2.45) is 5.16 Å². The van der Waals surface area contributed by atoms with Gasteiger partial charge in [0.15, 0.2) is 18.1 Å². The lowest BCUT2D eigenvalue weighted by Crippen LogP contribution is -2.01. The Labute approximate surface area is 203 Å². The number of rotatable bonds is 11. The minimum absolute atomic E-state index is 0.0725. The van der Waals surface area contributed by atoms with E-state index >= 15 is 0 Å². The predicted octanol–water partition coefficient (Wildman–Crippen LogP) is 5.77. The molecular formula is C28H25NO6. The third-order valence-corrected chi connectivity index (χ3v) is 4.97. The highest BCUT2D eigenvalue weighted by molar-refractivity contribution is 5.86. The molecule has 35 heavy (non-hydrogen) atoms. The molecule has 0 unspecified atom stereocenters. The molecule has 1 aromatic heterocycles. The summed E-state index contributed by atoms with van der Waals surface area (Å²) in [5.74, 6) is 1.26. The van der Waals surface area contributed by atoms with E-state index in [9.17, 15) is 4.79 Å². The summed E-state index contributed by atoms with van der Waals surface area (Å²) in [6, 6.07) is 28.6. The summed E-state index contributed by atoms with van der Waals surface area (Å²) in [6.45, 7) is 0.902. The average Bonchev–Trinajstić information content (AvgIpc) is 3.39. The normalized spacial score (nSPS) is 10.8. The van der Waals surface area contributed by atoms with E-state index in [1.54, 1.807) is 12.3 Å². The van der Waals surface area contributed by atoms with Gasteiger partial charge in [0.1, 0.15) is 19.0 Å². The smallest absolute Gasteiger partial charge is 0.373 e. The lowest BCUT2D eigenvalue weighted by Gasteiger charge is -2.14. The van der Waals surface area contributed by atoms with Crippen molar-refractivity contribution in [3.8, 4) is 11.5 Å². The van der Waals surface area contributed by atoms with E-state index in [4.69, 9.17) is 18.7 Å². The molecule has 0 bridgehead atoms. The Morgan fingerprint density at radius 3 is 2.11 bits per heavy atom. The van der Waals surface area contributed by atoms with Crippen molar-refractivity contribution in [3.63, 3.8) is 0 Å². The summed E-state index contributed by atoms with van der Waals surface area (Å²) in [4.78, 5) is 16.8. The van der Waals surface area contributed by atoms with E-state index in [0.717, 1.165) is 16.7 Å². The number of methoxy groups -OCH3 is 1. The number of hydrogen-bond donors (Lipinski definition) is 0. The van der Waals surface area contributed by atoms with Gasteiger partial charge in [-0.15, -0.1) is 0 Å². The van der Waals surface area contributed by atoms with Crippen molar-refractivity contribution >= 4 is 12.2 Å². The summed E-state index contributed by atoms with van der Waals surface area (Å²) < 4.78 is 22.1. The van der Waals surface area contributed by atoms with Gasteiger partial charge in [-0.1, -0.05) is 65.8 Å². The fourth-order valence-electron chi connectivity index (χ4n) is 3.17. The monoisotopic (exact) mass is 471 g/mol. The molecular weight excluding hydrogens is 446 g/mol. The second kappa shape index (κ2) is 12.1. The number of hydrogen-bond acceptors (Lipinski definition) is 7. The number of oxime groups is 1. The topological polar surface area (TPSA) is 79.5 Å². The Bertz CT molecular complexity index is 1250. The largest absolute Gasteiger partial charge is 0.485 e. The first-order valence-corrected chi connectivity index (χ1v) is 11.0. The molecule has 0 radical (unpaired) electrons. The predicted molar refractivity (Wildman–Crippen MR) is 130 cm³/mol. The van der Waals surface area contributed by atoms with Crippen LogP contribution >= 0.6 is 0 Å². The molecule has 1 heterocycles. The molecule has 0 spiro atoms. The number of esters is 1. The molecule has 0 aliphatic rings. The standard InChI is InChI=1S/C28H25NO6/c1-31-28(30)26-15-13-24(35-26)20-34-29-17-23-12-14-25(32-18-21-8-4-2-5-9-21)27(16-23)33-19-22-10-6-3-7-11-22/h2-17H,18-20H2,1H3. The highest BCUT2D eigenvalue weighted by Crippen LogP contribution is 2.30. The van der Waals surface area contributed by atoms with Gasteiger partial charge in [0.2, 0.25) is 5.76 Å². The van der Waals surface area contributed by atoms with E-state index in [1.165, 1.54) is 13.2 Å². The number of carbonyl (C=O) groups is 1. The van der Waals surface area contributed by atoms with Crippen LogP contribution in [0.15, 0.2) is 101 Å². The molecule has 7 nitrogen and oxygen atoms in total. The number of nitrogens with zero attached hydrogens (tertiary/aromatic N) is 1. The van der Waals surface area contributed by atoms with Crippen molar-refractivity contribution in [3.05, 3.63) is 119 Å². The first kappa shape index (κ1) is 23.6. The van der Waals surface area contributed by atoms with Crippen LogP contribution in [0.4, 0.5) is 0 Å². The van der Waals surface area contributed by atoms with Crippen LogP contribution < -0.4 is 9.47 Å². The van der Waals surface area contributed by atoms with E-state index in [0.29, 0.717) is 30.5 Å². The summed E-state index contributed by atoms with van der Waals surface area (Å²) in [6.07, 6.45) is 1.57. The number of ether oxygens (including phenoxy) is 3. The highest BCUT2D eigenvalue weighted by atomic mass is 16.6. The van der Waals surface area contributed by atoms with Crippen LogP contribution in [0.5, 0.6) is 11.5 Å². The molecule has 0 aliphatic carbocycles. The van der Waals surface area contributed by atoms with Gasteiger partial charge in [-0.05, 0) is 41.5 Å². The van der Waals surface area contributed by atoms with Crippen LogP contribution in [0, 0.1) is 0 Å². The van der Waals surface area contributed by atoms with Gasteiger partial charge in [-0.3, -0.25) is 0 Å². The van der Waals surface area contributed by atoms with Gasteiger partial charge in [0.25, 0.3) is 0 Å². The van der Waals surface area contributed by atoms with E-state index in [2.05, 4.69) is 9.89 Å². The number of carbonyl (C=O) groups excluding carboxylic acids is 1. The zero-order valence-electron chi connectivity index (χ0n) is 19.3. The van der Waals surface area contributed by atoms with Crippen LogP contribution in [0.3, 0.4) is 0 Å². The fourth-order valence-corrected chi connectivity index (χ4v) is 3.17. The average molecular weight is 472 g/mol. The Hall–Kier alpha value is -4.52. The fraction of sp³-hybridized carbons (Fsp3) is 0.143. The van der Waals surface area contributed by atoms with E-state index < -0.39 is 5.97 Å². The number of furan rings is 1. The van der Waals surface area contributed by atoms with Crippen LogP contribution in [-0.4, -0.2) is 19.3 Å². The van der Waals surface area contributed by atoms with Gasteiger partial charge >= 0.3 is 5.97 Å². The molecule has 0 amide bonds. The molecule has 0 fully saturated rings. The molecule has 178 valence electrons. The van der Waals surface area contributed by atoms with Crippen molar-refractivity contribution in [1.82, 2.24) is 0 Å². The summed E-state index contributed by atoms with van der Waals surface area (Å²) in [7, 11) is 1.29. The highest BCUT2D eigenvalue weighted by Gasteiger charge is 2.11. The Balaban J connectivity index is 1.41. The maximum absolute atomic E-state index is 11.5. The molecule has 0 saturated heterocycles. The van der Waals surface area contributed by atoms with Crippen molar-refractivity contribution in [1.29, 1.82) is 0 Å². The van der Waals surface area contributed by atoms with Gasteiger partial charge in [0.05, 0.1) is 13.3 Å². The van der Waals surface area contributed by atoms with Crippen LogP contribution in [0.1, 0.15) is 33.0 Å². The van der Waals surface area contributed by atoms with E-state index in [-0.39, 0.29) is 12.4 Å². The van der Waals surface area contributed by atoms with Crippen molar-refractivity contribution < 1.29 is 28.3 Å². The maximum atomic E-state index is 11.5. The van der Waals surface area contributed by atoms with Gasteiger partial charge in [0, 0.05) is 5.56 Å². The third kappa shape index (κ3) is 6.98. The minimum Gasteiger partial charge on any atom is -0.485 e. The number of benzene rings is 3. The molecule has 0 aliphatic heterocycles. The molecule has 0 N–H and O–H groups in total.